The van der Waals surface area contributed by atoms with Gasteiger partial charge in [0.25, 0.3) is 5.91 Å². The van der Waals surface area contributed by atoms with Gasteiger partial charge in [-0.3, -0.25) is 9.89 Å². The number of H-pyrrole nitrogens is 1. The lowest BCUT2D eigenvalue weighted by molar-refractivity contribution is 0.0949. The lowest BCUT2D eigenvalue weighted by atomic mass is 9.99. The minimum atomic E-state index is -0.522. The first kappa shape index (κ1) is 19.8. The molecule has 0 unspecified atom stereocenters. The van der Waals surface area contributed by atoms with Crippen LogP contribution in [0.5, 0.6) is 0 Å². The Morgan fingerprint density at radius 3 is 2.52 bits per heavy atom. The van der Waals surface area contributed by atoms with Crippen molar-refractivity contribution in [1.29, 1.82) is 0 Å². The Kier molecular flexibility index (Phi) is 5.02. The zero-order valence-corrected chi connectivity index (χ0v) is 17.7. The third kappa shape index (κ3) is 3.59. The fraction of sp³-hybridized carbons (Fsp3) is 0.476. The van der Waals surface area contributed by atoms with Crippen LogP contribution in [0.25, 0.3) is 0 Å². The second kappa shape index (κ2) is 7.37. The van der Waals surface area contributed by atoms with Crippen LogP contribution in [0.1, 0.15) is 55.2 Å². The number of nitrogens with zero attached hydrogens (tertiary/aromatic N) is 3. The van der Waals surface area contributed by atoms with Crippen molar-refractivity contribution >= 4 is 29.4 Å². The summed E-state index contributed by atoms with van der Waals surface area (Å²) in [5, 5.41) is 10.8. The average molecular weight is 416 g/mol. The Bertz CT molecular complexity index is 929. The zero-order chi connectivity index (χ0) is 20.8. The summed E-state index contributed by atoms with van der Waals surface area (Å²) in [6.07, 6.45) is 2.07. The maximum Gasteiger partial charge on any atom is 0.321 e. The summed E-state index contributed by atoms with van der Waals surface area (Å²) in [6, 6.07) is 6.73. The SMILES string of the molecule is CC1CCN(C(=O)N2Cc3c(NC(=O)c4ccc(Cl)cc4)n[nH]c3C2(C)C)CC1. The summed E-state index contributed by atoms with van der Waals surface area (Å²) in [5.41, 5.74) is 1.70. The predicted octanol–water partition coefficient (Wildman–Crippen LogP) is 4.22. The number of carbonyl (C=O) groups excluding carboxylic acids is 2. The van der Waals surface area contributed by atoms with Gasteiger partial charge in [-0.1, -0.05) is 18.5 Å². The summed E-state index contributed by atoms with van der Waals surface area (Å²) >= 11 is 5.89. The molecule has 0 bridgehead atoms. The number of piperidine rings is 1. The summed E-state index contributed by atoms with van der Waals surface area (Å²) in [5.74, 6) is 0.872. The highest BCUT2D eigenvalue weighted by Gasteiger charge is 2.45. The minimum absolute atomic E-state index is 0.0430. The van der Waals surface area contributed by atoms with Gasteiger partial charge in [0, 0.05) is 29.2 Å². The van der Waals surface area contributed by atoms with Gasteiger partial charge in [-0.2, -0.15) is 5.10 Å². The molecular formula is C21H26ClN5O2. The zero-order valence-electron chi connectivity index (χ0n) is 17.0. The van der Waals surface area contributed by atoms with E-state index in [1.165, 1.54) is 0 Å². The summed E-state index contributed by atoms with van der Waals surface area (Å²) in [4.78, 5) is 29.6. The Hall–Kier alpha value is -2.54. The normalized spacial score (nSPS) is 18.6. The monoisotopic (exact) mass is 415 g/mol. The third-order valence-electron chi connectivity index (χ3n) is 6.09. The number of carbonyl (C=O) groups is 2. The molecule has 1 aromatic heterocycles. The largest absolute Gasteiger partial charge is 0.325 e. The molecule has 2 aliphatic rings. The van der Waals surface area contributed by atoms with E-state index in [0.29, 0.717) is 28.9 Å². The first-order valence-electron chi connectivity index (χ1n) is 9.98. The van der Waals surface area contributed by atoms with Crippen molar-refractivity contribution in [3.05, 3.63) is 46.1 Å². The number of fused-ring (bicyclic) bond motifs is 1. The van der Waals surface area contributed by atoms with Gasteiger partial charge in [-0.15, -0.1) is 0 Å². The smallest absolute Gasteiger partial charge is 0.321 e. The maximum absolute atomic E-state index is 13.2. The molecule has 0 saturated carbocycles. The lowest BCUT2D eigenvalue weighted by Crippen LogP contribution is -2.50. The number of nitrogens with one attached hydrogen (secondary N) is 2. The quantitative estimate of drug-likeness (QED) is 0.770. The van der Waals surface area contributed by atoms with E-state index in [1.807, 2.05) is 23.6 Å². The van der Waals surface area contributed by atoms with Crippen molar-refractivity contribution in [2.45, 2.75) is 45.7 Å². The van der Waals surface area contributed by atoms with E-state index < -0.39 is 5.54 Å². The van der Waals surface area contributed by atoms with E-state index in [9.17, 15) is 9.59 Å². The Balaban J connectivity index is 1.52. The number of hydrogen-bond acceptors (Lipinski definition) is 3. The molecule has 2 aromatic rings. The molecule has 4 rings (SSSR count). The van der Waals surface area contributed by atoms with Gasteiger partial charge in [0.15, 0.2) is 5.82 Å². The topological polar surface area (TPSA) is 81.3 Å². The minimum Gasteiger partial charge on any atom is -0.325 e. The number of amides is 3. The molecule has 8 heteroatoms. The number of aromatic amines is 1. The molecule has 1 saturated heterocycles. The second-order valence-electron chi connectivity index (χ2n) is 8.48. The molecule has 154 valence electrons. The van der Waals surface area contributed by atoms with Crippen LogP contribution in [-0.2, 0) is 12.1 Å². The van der Waals surface area contributed by atoms with Crippen molar-refractivity contribution in [2.24, 2.45) is 5.92 Å². The molecular weight excluding hydrogens is 390 g/mol. The van der Waals surface area contributed by atoms with Crippen LogP contribution in [-0.4, -0.2) is 45.0 Å². The molecule has 0 aliphatic carbocycles. The van der Waals surface area contributed by atoms with Gasteiger partial charge < -0.3 is 15.1 Å². The molecule has 0 spiro atoms. The van der Waals surface area contributed by atoms with Crippen LogP contribution in [0.15, 0.2) is 24.3 Å². The van der Waals surface area contributed by atoms with E-state index >= 15 is 0 Å². The number of halogens is 1. The molecule has 1 aromatic carbocycles. The van der Waals surface area contributed by atoms with Crippen molar-refractivity contribution in [3.63, 3.8) is 0 Å². The first-order chi connectivity index (χ1) is 13.8. The van der Waals surface area contributed by atoms with Gasteiger partial charge in [0.2, 0.25) is 0 Å². The second-order valence-corrected chi connectivity index (χ2v) is 8.92. The van der Waals surface area contributed by atoms with Gasteiger partial charge >= 0.3 is 6.03 Å². The highest BCUT2D eigenvalue weighted by atomic mass is 35.5. The Labute approximate surface area is 175 Å². The first-order valence-corrected chi connectivity index (χ1v) is 10.4. The molecule has 1 fully saturated rings. The Morgan fingerprint density at radius 2 is 1.86 bits per heavy atom. The number of aromatic nitrogens is 2. The van der Waals surface area contributed by atoms with Crippen LogP contribution in [0.4, 0.5) is 10.6 Å². The molecule has 3 heterocycles. The van der Waals surface area contributed by atoms with Crippen LogP contribution in [0.2, 0.25) is 5.02 Å². The average Bonchev–Trinajstić information content (AvgIpc) is 3.21. The molecule has 29 heavy (non-hydrogen) atoms. The summed E-state index contributed by atoms with van der Waals surface area (Å²) < 4.78 is 0. The lowest BCUT2D eigenvalue weighted by Gasteiger charge is -2.38. The third-order valence-corrected chi connectivity index (χ3v) is 6.35. The Morgan fingerprint density at radius 1 is 1.21 bits per heavy atom. The van der Waals surface area contributed by atoms with Crippen LogP contribution in [0, 0.1) is 5.92 Å². The number of rotatable bonds is 2. The van der Waals surface area contributed by atoms with Gasteiger partial charge in [-0.25, -0.2) is 4.79 Å². The van der Waals surface area contributed by atoms with Gasteiger partial charge in [0.05, 0.1) is 17.8 Å². The molecule has 3 amide bonds. The van der Waals surface area contributed by atoms with Gasteiger partial charge in [0.1, 0.15) is 0 Å². The van der Waals surface area contributed by atoms with Crippen LogP contribution < -0.4 is 5.32 Å². The van der Waals surface area contributed by atoms with Gasteiger partial charge in [-0.05, 0) is 56.9 Å². The van der Waals surface area contributed by atoms with E-state index in [1.54, 1.807) is 24.3 Å². The molecule has 2 N–H and O–H groups in total. The number of urea groups is 1. The summed E-state index contributed by atoms with van der Waals surface area (Å²) in [7, 11) is 0. The molecule has 2 aliphatic heterocycles. The molecule has 0 radical (unpaired) electrons. The van der Waals surface area contributed by atoms with E-state index in [-0.39, 0.29) is 11.9 Å². The van der Waals surface area contributed by atoms with Crippen molar-refractivity contribution in [2.75, 3.05) is 18.4 Å². The highest BCUT2D eigenvalue weighted by Crippen LogP contribution is 2.41. The van der Waals surface area contributed by atoms with Crippen molar-refractivity contribution in [1.82, 2.24) is 20.0 Å². The highest BCUT2D eigenvalue weighted by molar-refractivity contribution is 6.30. The maximum atomic E-state index is 13.2. The van der Waals surface area contributed by atoms with Crippen LogP contribution >= 0.6 is 11.6 Å². The summed E-state index contributed by atoms with van der Waals surface area (Å²) in [6.45, 7) is 8.24. The molecule has 7 nitrogen and oxygen atoms in total. The molecule has 0 atom stereocenters. The van der Waals surface area contributed by atoms with E-state index in [0.717, 1.165) is 37.2 Å². The number of likely N-dealkylation sites (tertiary alicyclic amines) is 1. The van der Waals surface area contributed by atoms with Crippen LogP contribution in [0.3, 0.4) is 0 Å². The standard InChI is InChI=1S/C21H26ClN5O2/c1-13-8-10-26(11-9-13)20(29)27-12-16-17(21(27,2)3)24-25-18(16)23-19(28)14-4-6-15(22)7-5-14/h4-7,13H,8-12H2,1-3H3,(H2,23,24,25,28). The van der Waals surface area contributed by atoms with E-state index in [4.69, 9.17) is 11.6 Å². The van der Waals surface area contributed by atoms with Crippen molar-refractivity contribution in [3.8, 4) is 0 Å². The fourth-order valence-electron chi connectivity index (χ4n) is 4.08. The van der Waals surface area contributed by atoms with Crippen molar-refractivity contribution < 1.29 is 9.59 Å². The van der Waals surface area contributed by atoms with E-state index in [2.05, 4.69) is 22.4 Å². The number of benzene rings is 1. The number of hydrogen-bond donors (Lipinski definition) is 2. The number of anilines is 1. The fourth-order valence-corrected chi connectivity index (χ4v) is 4.20. The predicted molar refractivity (Wildman–Crippen MR) is 112 cm³/mol.